The van der Waals surface area contributed by atoms with Crippen LogP contribution in [0, 0.1) is 0 Å². The highest BCUT2D eigenvalue weighted by molar-refractivity contribution is 5.42. The summed E-state index contributed by atoms with van der Waals surface area (Å²) >= 11 is 0. The summed E-state index contributed by atoms with van der Waals surface area (Å²) in [6.07, 6.45) is 1.59. The van der Waals surface area contributed by atoms with Crippen molar-refractivity contribution in [3.63, 3.8) is 0 Å². The molecule has 1 N–H and O–H groups in total. The lowest BCUT2D eigenvalue weighted by atomic mass is 10.2. The average molecular weight is 248 g/mol. The van der Waals surface area contributed by atoms with Crippen LogP contribution in [0.3, 0.4) is 0 Å². The highest BCUT2D eigenvalue weighted by atomic mass is 16.5. The SMILES string of the molecule is C[C@H]1CN(Cc2noc(-c3ccco3)n2)CCN1. The van der Waals surface area contributed by atoms with E-state index in [2.05, 4.69) is 27.3 Å². The van der Waals surface area contributed by atoms with E-state index in [1.165, 1.54) is 0 Å². The number of rotatable bonds is 3. The maximum absolute atomic E-state index is 5.22. The molecule has 6 nitrogen and oxygen atoms in total. The Bertz CT molecular complexity index is 494. The topological polar surface area (TPSA) is 67.3 Å². The largest absolute Gasteiger partial charge is 0.459 e. The Labute approximate surface area is 105 Å². The van der Waals surface area contributed by atoms with Crippen LogP contribution in [-0.4, -0.2) is 40.7 Å². The molecule has 6 heteroatoms. The van der Waals surface area contributed by atoms with Crippen LogP contribution in [0.15, 0.2) is 27.3 Å². The summed E-state index contributed by atoms with van der Waals surface area (Å²) < 4.78 is 10.4. The zero-order valence-corrected chi connectivity index (χ0v) is 10.3. The molecule has 1 atom stereocenters. The molecule has 0 saturated carbocycles. The lowest BCUT2D eigenvalue weighted by molar-refractivity contribution is 0.193. The van der Waals surface area contributed by atoms with Crippen LogP contribution in [0.2, 0.25) is 0 Å². The third-order valence-corrected chi connectivity index (χ3v) is 3.02. The summed E-state index contributed by atoms with van der Waals surface area (Å²) in [6.45, 7) is 5.91. The minimum absolute atomic E-state index is 0.443. The van der Waals surface area contributed by atoms with Gasteiger partial charge in [0.25, 0.3) is 5.89 Å². The third kappa shape index (κ3) is 2.44. The molecule has 2 aromatic heterocycles. The first-order valence-corrected chi connectivity index (χ1v) is 6.13. The van der Waals surface area contributed by atoms with Crippen molar-refractivity contribution in [1.29, 1.82) is 0 Å². The smallest absolute Gasteiger partial charge is 0.293 e. The van der Waals surface area contributed by atoms with Gasteiger partial charge in [0.1, 0.15) is 0 Å². The Hall–Kier alpha value is -1.66. The van der Waals surface area contributed by atoms with Gasteiger partial charge in [0.05, 0.1) is 12.8 Å². The quantitative estimate of drug-likeness (QED) is 0.878. The molecule has 3 rings (SSSR count). The second-order valence-corrected chi connectivity index (χ2v) is 4.58. The van der Waals surface area contributed by atoms with Gasteiger partial charge in [-0.15, -0.1) is 0 Å². The number of nitrogens with one attached hydrogen (secondary N) is 1. The van der Waals surface area contributed by atoms with Crippen LogP contribution in [-0.2, 0) is 6.54 Å². The first kappa shape index (κ1) is 11.4. The summed E-state index contributed by atoms with van der Waals surface area (Å²) in [4.78, 5) is 6.66. The van der Waals surface area contributed by atoms with Crippen molar-refractivity contribution in [2.24, 2.45) is 0 Å². The molecular formula is C12H16N4O2. The molecule has 18 heavy (non-hydrogen) atoms. The monoisotopic (exact) mass is 248 g/mol. The normalized spacial score (nSPS) is 21.3. The van der Waals surface area contributed by atoms with E-state index >= 15 is 0 Å². The number of hydrogen-bond donors (Lipinski definition) is 1. The molecule has 96 valence electrons. The standard InChI is InChI=1S/C12H16N4O2/c1-9-7-16(5-4-13-9)8-11-14-12(18-15-11)10-3-2-6-17-10/h2-3,6,9,13H,4-5,7-8H2,1H3/t9-/m0/s1. The van der Waals surface area contributed by atoms with E-state index in [0.717, 1.165) is 26.2 Å². The van der Waals surface area contributed by atoms with Gasteiger partial charge in [0, 0.05) is 25.7 Å². The molecule has 0 aromatic carbocycles. The molecule has 0 amide bonds. The van der Waals surface area contributed by atoms with Gasteiger partial charge in [-0.25, -0.2) is 0 Å². The van der Waals surface area contributed by atoms with Crippen molar-refractivity contribution in [1.82, 2.24) is 20.4 Å². The zero-order chi connectivity index (χ0) is 12.4. The second-order valence-electron chi connectivity index (χ2n) is 4.58. The number of furan rings is 1. The molecular weight excluding hydrogens is 232 g/mol. The van der Waals surface area contributed by atoms with Crippen molar-refractivity contribution in [3.8, 4) is 11.7 Å². The summed E-state index contributed by atoms with van der Waals surface area (Å²) in [5.41, 5.74) is 0. The summed E-state index contributed by atoms with van der Waals surface area (Å²) in [5.74, 6) is 1.76. The molecule has 2 aromatic rings. The number of nitrogens with zero attached hydrogens (tertiary/aromatic N) is 3. The van der Waals surface area contributed by atoms with Crippen LogP contribution >= 0.6 is 0 Å². The fraction of sp³-hybridized carbons (Fsp3) is 0.500. The number of aromatic nitrogens is 2. The van der Waals surface area contributed by atoms with Crippen molar-refractivity contribution >= 4 is 0 Å². The van der Waals surface area contributed by atoms with Crippen molar-refractivity contribution < 1.29 is 8.94 Å². The predicted molar refractivity (Wildman–Crippen MR) is 64.7 cm³/mol. The lowest BCUT2D eigenvalue weighted by Gasteiger charge is -2.30. The first-order chi connectivity index (χ1) is 8.81. The van der Waals surface area contributed by atoms with E-state index in [1.54, 1.807) is 12.3 Å². The highest BCUT2D eigenvalue weighted by Gasteiger charge is 2.18. The van der Waals surface area contributed by atoms with Crippen LogP contribution < -0.4 is 5.32 Å². The maximum atomic E-state index is 5.22. The minimum Gasteiger partial charge on any atom is -0.459 e. The van der Waals surface area contributed by atoms with E-state index in [1.807, 2.05) is 6.07 Å². The van der Waals surface area contributed by atoms with Crippen molar-refractivity contribution in [2.45, 2.75) is 19.5 Å². The molecule has 0 radical (unpaired) electrons. The van der Waals surface area contributed by atoms with Crippen LogP contribution in [0.25, 0.3) is 11.7 Å². The Balaban J connectivity index is 1.66. The summed E-state index contributed by atoms with van der Waals surface area (Å²) in [6, 6.07) is 4.12. The van der Waals surface area contributed by atoms with Gasteiger partial charge >= 0.3 is 0 Å². The van der Waals surface area contributed by atoms with Gasteiger partial charge in [-0.05, 0) is 19.1 Å². The Morgan fingerprint density at radius 2 is 2.50 bits per heavy atom. The van der Waals surface area contributed by atoms with Gasteiger partial charge in [-0.2, -0.15) is 4.98 Å². The molecule has 0 aliphatic carbocycles. The third-order valence-electron chi connectivity index (χ3n) is 3.02. The Kier molecular flexibility index (Phi) is 3.12. The first-order valence-electron chi connectivity index (χ1n) is 6.13. The second kappa shape index (κ2) is 4.91. The molecule has 1 fully saturated rings. The number of piperazine rings is 1. The van der Waals surface area contributed by atoms with E-state index in [4.69, 9.17) is 8.94 Å². The fourth-order valence-electron chi connectivity index (χ4n) is 2.17. The molecule has 1 saturated heterocycles. The highest BCUT2D eigenvalue weighted by Crippen LogP contribution is 2.17. The molecule has 1 aliphatic heterocycles. The van der Waals surface area contributed by atoms with Crippen molar-refractivity contribution in [2.75, 3.05) is 19.6 Å². The van der Waals surface area contributed by atoms with E-state index in [9.17, 15) is 0 Å². The maximum Gasteiger partial charge on any atom is 0.293 e. The Morgan fingerprint density at radius 3 is 3.28 bits per heavy atom. The average Bonchev–Trinajstić information content (AvgIpc) is 2.98. The van der Waals surface area contributed by atoms with Crippen LogP contribution in [0.4, 0.5) is 0 Å². The molecule has 0 spiro atoms. The lowest BCUT2D eigenvalue weighted by Crippen LogP contribution is -2.48. The van der Waals surface area contributed by atoms with E-state index < -0.39 is 0 Å². The van der Waals surface area contributed by atoms with Gasteiger partial charge in [-0.3, -0.25) is 4.90 Å². The van der Waals surface area contributed by atoms with E-state index in [-0.39, 0.29) is 0 Å². The van der Waals surface area contributed by atoms with Gasteiger partial charge in [0.2, 0.25) is 0 Å². The fourth-order valence-corrected chi connectivity index (χ4v) is 2.17. The molecule has 1 aliphatic rings. The number of hydrogen-bond acceptors (Lipinski definition) is 6. The predicted octanol–water partition coefficient (Wildman–Crippen LogP) is 1.12. The van der Waals surface area contributed by atoms with Crippen LogP contribution in [0.5, 0.6) is 0 Å². The van der Waals surface area contributed by atoms with Gasteiger partial charge < -0.3 is 14.3 Å². The van der Waals surface area contributed by atoms with E-state index in [0.29, 0.717) is 23.5 Å². The van der Waals surface area contributed by atoms with Crippen LogP contribution in [0.1, 0.15) is 12.7 Å². The van der Waals surface area contributed by atoms with Gasteiger partial charge in [0.15, 0.2) is 11.6 Å². The molecule has 0 bridgehead atoms. The molecule has 0 unspecified atom stereocenters. The minimum atomic E-state index is 0.443. The van der Waals surface area contributed by atoms with Crippen molar-refractivity contribution in [3.05, 3.63) is 24.2 Å². The summed E-state index contributed by atoms with van der Waals surface area (Å²) in [7, 11) is 0. The Morgan fingerprint density at radius 1 is 1.56 bits per heavy atom. The zero-order valence-electron chi connectivity index (χ0n) is 10.3. The molecule has 3 heterocycles. The summed E-state index contributed by atoms with van der Waals surface area (Å²) in [5, 5.41) is 7.39. The van der Waals surface area contributed by atoms with Gasteiger partial charge in [-0.1, -0.05) is 5.16 Å².